The Balaban J connectivity index is 0.000000162. The number of benzene rings is 2. The van der Waals surface area contributed by atoms with E-state index >= 15 is 0 Å². The minimum atomic E-state index is -2.77. The number of nitrogens with one attached hydrogen (secondary N) is 2. The Morgan fingerprint density at radius 3 is 1.46 bits per heavy atom. The fourth-order valence-corrected chi connectivity index (χ4v) is 10.3. The highest BCUT2D eigenvalue weighted by Crippen LogP contribution is 2.62. The van der Waals surface area contributed by atoms with E-state index in [1.165, 1.54) is 32.9 Å². The first kappa shape index (κ1) is 35.9. The molecule has 0 aliphatic heterocycles. The van der Waals surface area contributed by atoms with E-state index in [9.17, 15) is 27.2 Å². The molecular formula is C40H46F4N6O2. The summed E-state index contributed by atoms with van der Waals surface area (Å²) in [6.45, 7) is 4.29. The molecule has 0 saturated heterocycles. The molecule has 8 nitrogen and oxygen atoms in total. The van der Waals surface area contributed by atoms with E-state index in [1.54, 1.807) is 14.1 Å². The van der Waals surface area contributed by atoms with Gasteiger partial charge in [-0.1, -0.05) is 75.2 Å². The van der Waals surface area contributed by atoms with Gasteiger partial charge in [-0.3, -0.25) is 19.0 Å². The number of aryl methyl sites for hydroxylation is 2. The molecule has 4 aliphatic carbocycles. The second-order valence-corrected chi connectivity index (χ2v) is 14.9. The Labute approximate surface area is 301 Å². The van der Waals surface area contributed by atoms with Crippen molar-refractivity contribution in [2.45, 2.75) is 101 Å². The fourth-order valence-electron chi connectivity index (χ4n) is 10.3. The van der Waals surface area contributed by atoms with Gasteiger partial charge in [-0.05, 0) is 84.5 Å². The van der Waals surface area contributed by atoms with Crippen molar-refractivity contribution in [3.63, 3.8) is 0 Å². The quantitative estimate of drug-likeness (QED) is 0.161. The lowest BCUT2D eigenvalue weighted by molar-refractivity contribution is 0.0849. The largest absolute Gasteiger partial charge is 0.342 e. The smallest absolute Gasteiger partial charge is 0.282 e. The summed E-state index contributed by atoms with van der Waals surface area (Å²) in [5.41, 5.74) is 3.06. The minimum absolute atomic E-state index is 0.0278. The van der Waals surface area contributed by atoms with Gasteiger partial charge in [-0.2, -0.15) is 10.2 Å². The molecule has 2 aromatic heterocycles. The summed E-state index contributed by atoms with van der Waals surface area (Å²) in [5.74, 6) is 0.615. The van der Waals surface area contributed by atoms with Crippen LogP contribution in [0.25, 0.3) is 0 Å². The molecule has 2 amide bonds. The molecule has 2 fully saturated rings. The number of fused-ring (bicyclic) bond motifs is 10. The average molecular weight is 719 g/mol. The summed E-state index contributed by atoms with van der Waals surface area (Å²) in [7, 11) is 3.11. The van der Waals surface area contributed by atoms with E-state index in [4.69, 9.17) is 0 Å². The third-order valence-electron chi connectivity index (χ3n) is 12.1. The van der Waals surface area contributed by atoms with Gasteiger partial charge in [-0.15, -0.1) is 0 Å². The number of hydrogen-bond acceptors (Lipinski definition) is 4. The van der Waals surface area contributed by atoms with Gasteiger partial charge in [0.05, 0.1) is 22.2 Å². The Kier molecular flexibility index (Phi) is 9.54. The number of aromatic nitrogens is 4. The minimum Gasteiger partial charge on any atom is -0.342 e. The second-order valence-electron chi connectivity index (χ2n) is 14.9. The summed E-state index contributed by atoms with van der Waals surface area (Å²) in [4.78, 5) is 26.0. The molecule has 4 aromatic rings. The summed E-state index contributed by atoms with van der Waals surface area (Å²) in [6.07, 6.45) is 5.07. The first-order valence-corrected chi connectivity index (χ1v) is 18.4. The van der Waals surface area contributed by atoms with Crippen LogP contribution in [0.2, 0.25) is 0 Å². The predicted octanol–water partition coefficient (Wildman–Crippen LogP) is 8.58. The molecule has 2 saturated carbocycles. The van der Waals surface area contributed by atoms with Crippen LogP contribution in [0.15, 0.2) is 60.9 Å². The number of amides is 2. The van der Waals surface area contributed by atoms with Crippen LogP contribution in [-0.2, 0) is 25.2 Å². The number of rotatable bonds is 10. The highest BCUT2D eigenvalue weighted by Gasteiger charge is 2.58. The van der Waals surface area contributed by atoms with Crippen LogP contribution < -0.4 is 10.6 Å². The summed E-state index contributed by atoms with van der Waals surface area (Å²) < 4.78 is 55.7. The first-order valence-electron chi connectivity index (χ1n) is 18.4. The van der Waals surface area contributed by atoms with Crippen molar-refractivity contribution in [1.82, 2.24) is 30.2 Å². The number of carbonyl (C=O) groups excluding carboxylic acids is 2. The number of nitrogens with zero attached hydrogens (tertiary/aromatic N) is 4. The molecule has 12 heteroatoms. The van der Waals surface area contributed by atoms with Crippen LogP contribution in [0.4, 0.5) is 17.6 Å². The van der Waals surface area contributed by atoms with Crippen molar-refractivity contribution in [2.75, 3.05) is 0 Å². The van der Waals surface area contributed by atoms with E-state index in [-0.39, 0.29) is 11.1 Å². The molecule has 2 heterocycles. The highest BCUT2D eigenvalue weighted by atomic mass is 19.3. The average Bonchev–Trinajstić information content (AvgIpc) is 3.96. The fraction of sp³-hybridized carbons (Fsp3) is 0.500. The summed E-state index contributed by atoms with van der Waals surface area (Å²) in [5, 5.41) is 13.9. The van der Waals surface area contributed by atoms with Gasteiger partial charge in [0.25, 0.3) is 24.7 Å². The molecule has 276 valence electrons. The Hall–Kier alpha value is -4.48. The van der Waals surface area contributed by atoms with Crippen molar-refractivity contribution < 1.29 is 27.2 Å². The first-order chi connectivity index (χ1) is 25.0. The summed E-state index contributed by atoms with van der Waals surface area (Å²) >= 11 is 0. The van der Waals surface area contributed by atoms with Crippen LogP contribution in [-0.4, -0.2) is 31.4 Å². The molecule has 6 atom stereocenters. The Morgan fingerprint density at radius 1 is 0.712 bits per heavy atom. The highest BCUT2D eigenvalue weighted by molar-refractivity contribution is 5.96. The maximum atomic E-state index is 13.3. The van der Waals surface area contributed by atoms with Gasteiger partial charge in [0.15, 0.2) is 0 Å². The van der Waals surface area contributed by atoms with E-state index in [0.717, 1.165) is 62.5 Å². The molecule has 4 aliphatic rings. The van der Waals surface area contributed by atoms with Crippen LogP contribution in [0, 0.1) is 11.8 Å². The number of alkyl halides is 4. The molecule has 6 unspecified atom stereocenters. The normalized spacial score (nSPS) is 26.3. The van der Waals surface area contributed by atoms with E-state index in [0.29, 0.717) is 23.7 Å². The Morgan fingerprint density at radius 2 is 1.10 bits per heavy atom. The second kappa shape index (κ2) is 13.8. The molecular weight excluding hydrogens is 672 g/mol. The summed E-state index contributed by atoms with van der Waals surface area (Å²) in [6, 6.07) is 16.5. The lowest BCUT2D eigenvalue weighted by atomic mass is 9.82. The van der Waals surface area contributed by atoms with E-state index < -0.39 is 47.1 Å². The standard InChI is InChI=1S/2C20H23F2N3O/c2*1-3-6-15-13-9-10-20(15,16-8-5-4-7-12(13)16)23-19(26)14-11-25(2)24-17(14)18(21)22/h2*4-5,7-8,11,13,15,18H,3,6,9-10H2,1-2H3,(H,23,26). The molecule has 4 bridgehead atoms. The molecule has 52 heavy (non-hydrogen) atoms. The third-order valence-corrected chi connectivity index (χ3v) is 12.1. The van der Waals surface area contributed by atoms with Crippen molar-refractivity contribution in [2.24, 2.45) is 25.9 Å². The van der Waals surface area contributed by atoms with Gasteiger partial charge in [0, 0.05) is 26.5 Å². The lowest BCUT2D eigenvalue weighted by Gasteiger charge is -2.34. The zero-order chi connectivity index (χ0) is 36.9. The van der Waals surface area contributed by atoms with Gasteiger partial charge < -0.3 is 10.6 Å². The van der Waals surface area contributed by atoms with Gasteiger partial charge in [0.1, 0.15) is 11.4 Å². The van der Waals surface area contributed by atoms with Crippen LogP contribution >= 0.6 is 0 Å². The van der Waals surface area contributed by atoms with E-state index in [2.05, 4.69) is 58.9 Å². The molecule has 2 N–H and O–H groups in total. The predicted molar refractivity (Wildman–Crippen MR) is 188 cm³/mol. The van der Waals surface area contributed by atoms with Gasteiger partial charge in [-0.25, -0.2) is 17.6 Å². The third kappa shape index (κ3) is 5.73. The maximum absolute atomic E-state index is 13.3. The van der Waals surface area contributed by atoms with Crippen LogP contribution in [0.3, 0.4) is 0 Å². The van der Waals surface area contributed by atoms with Crippen molar-refractivity contribution >= 4 is 11.8 Å². The molecule has 0 radical (unpaired) electrons. The number of hydrogen-bond donors (Lipinski definition) is 2. The van der Waals surface area contributed by atoms with Crippen LogP contribution in [0.5, 0.6) is 0 Å². The molecule has 2 aromatic carbocycles. The van der Waals surface area contributed by atoms with Crippen molar-refractivity contribution in [1.29, 1.82) is 0 Å². The Bertz CT molecular complexity index is 1830. The zero-order valence-corrected chi connectivity index (χ0v) is 30.0. The van der Waals surface area contributed by atoms with Crippen LogP contribution in [0.1, 0.15) is 144 Å². The number of halogens is 4. The number of carbonyl (C=O) groups is 2. The lowest BCUT2D eigenvalue weighted by Crippen LogP contribution is -2.47. The topological polar surface area (TPSA) is 93.8 Å². The zero-order valence-electron chi connectivity index (χ0n) is 30.0. The van der Waals surface area contributed by atoms with Gasteiger partial charge >= 0.3 is 0 Å². The van der Waals surface area contributed by atoms with Gasteiger partial charge in [0.2, 0.25) is 0 Å². The van der Waals surface area contributed by atoms with Crippen molar-refractivity contribution in [3.05, 3.63) is 106 Å². The monoisotopic (exact) mass is 718 g/mol. The van der Waals surface area contributed by atoms with Crippen molar-refractivity contribution in [3.8, 4) is 0 Å². The SMILES string of the molecule is CCCC1C2CCC1(NC(=O)c1cn(C)nc1C(F)F)c1ccccc12.CCCC1C2CCC1(NC(=O)c1cn(C)nc1C(F)F)c1ccccc12. The molecule has 0 spiro atoms. The molecule has 8 rings (SSSR count). The van der Waals surface area contributed by atoms with E-state index in [1.807, 2.05) is 24.3 Å². The maximum Gasteiger partial charge on any atom is 0.282 e.